The molecular weight excluding hydrogens is 316 g/mol. The van der Waals surface area contributed by atoms with Crippen LogP contribution < -0.4 is 5.32 Å². The number of amides is 1. The first-order chi connectivity index (χ1) is 11.7. The van der Waals surface area contributed by atoms with E-state index in [0.717, 1.165) is 30.8 Å². The van der Waals surface area contributed by atoms with E-state index < -0.39 is 0 Å². The highest BCUT2D eigenvalue weighted by Gasteiger charge is 2.05. The Morgan fingerprint density at radius 1 is 1.04 bits per heavy atom. The van der Waals surface area contributed by atoms with E-state index in [1.54, 1.807) is 11.8 Å². The van der Waals surface area contributed by atoms with Crippen LogP contribution in [0.3, 0.4) is 0 Å². The van der Waals surface area contributed by atoms with Crippen molar-refractivity contribution < 1.29 is 4.79 Å². The van der Waals surface area contributed by atoms with Crippen molar-refractivity contribution in [2.75, 3.05) is 26.4 Å². The van der Waals surface area contributed by atoms with Crippen LogP contribution in [0, 0.1) is 0 Å². The van der Waals surface area contributed by atoms with Crippen molar-refractivity contribution >= 4 is 17.7 Å². The van der Waals surface area contributed by atoms with Gasteiger partial charge in [-0.15, -0.1) is 0 Å². The van der Waals surface area contributed by atoms with Gasteiger partial charge in [0, 0.05) is 24.4 Å². The first kappa shape index (κ1) is 18.6. The van der Waals surface area contributed by atoms with Gasteiger partial charge in [0.05, 0.1) is 0 Å². The van der Waals surface area contributed by atoms with Crippen LogP contribution in [0.1, 0.15) is 27.9 Å². The minimum atomic E-state index is 0.0106. The number of thioether (sulfide) groups is 1. The van der Waals surface area contributed by atoms with Crippen molar-refractivity contribution in [2.24, 2.45) is 0 Å². The van der Waals surface area contributed by atoms with Gasteiger partial charge >= 0.3 is 0 Å². The molecule has 1 amide bonds. The zero-order valence-corrected chi connectivity index (χ0v) is 15.3. The molecule has 0 aliphatic rings. The summed E-state index contributed by atoms with van der Waals surface area (Å²) in [5.74, 6) is 0.992. The van der Waals surface area contributed by atoms with E-state index in [2.05, 4.69) is 47.8 Å². The van der Waals surface area contributed by atoms with Crippen LogP contribution in [0.25, 0.3) is 0 Å². The molecule has 128 valence electrons. The van der Waals surface area contributed by atoms with Gasteiger partial charge in [0.2, 0.25) is 0 Å². The average Bonchev–Trinajstić information content (AvgIpc) is 2.60. The van der Waals surface area contributed by atoms with Crippen LogP contribution in [0.4, 0.5) is 0 Å². The molecule has 0 aliphatic heterocycles. The molecule has 0 aliphatic carbocycles. The maximum Gasteiger partial charge on any atom is 0.251 e. The van der Waals surface area contributed by atoms with Crippen LogP contribution in [-0.2, 0) is 12.3 Å². The lowest BCUT2D eigenvalue weighted by molar-refractivity contribution is 0.0952. The first-order valence-corrected chi connectivity index (χ1v) is 9.67. The van der Waals surface area contributed by atoms with E-state index in [1.807, 2.05) is 30.3 Å². The Hall–Kier alpha value is -1.78. The summed E-state index contributed by atoms with van der Waals surface area (Å²) in [6.45, 7) is 2.60. The van der Waals surface area contributed by atoms with E-state index in [4.69, 9.17) is 0 Å². The summed E-state index contributed by atoms with van der Waals surface area (Å²) in [5, 5.41) is 3.00. The highest BCUT2D eigenvalue weighted by molar-refractivity contribution is 7.97. The smallest absolute Gasteiger partial charge is 0.251 e. The van der Waals surface area contributed by atoms with E-state index in [9.17, 15) is 4.79 Å². The highest BCUT2D eigenvalue weighted by atomic mass is 32.2. The van der Waals surface area contributed by atoms with Gasteiger partial charge in [-0.1, -0.05) is 42.5 Å². The standard InChI is InChI=1S/C20H26N2OS/c1-22(15-17-7-4-3-5-8-17)14-6-13-21-20(23)19-11-9-18(10-12-19)16-24-2/h3-5,7-12H,6,13-16H2,1-2H3,(H,21,23). The maximum absolute atomic E-state index is 12.1. The summed E-state index contributed by atoms with van der Waals surface area (Å²) in [5.41, 5.74) is 3.30. The Kier molecular flexibility index (Phi) is 7.86. The predicted octanol–water partition coefficient (Wildman–Crippen LogP) is 3.80. The van der Waals surface area contributed by atoms with Gasteiger partial charge in [-0.25, -0.2) is 0 Å². The quantitative estimate of drug-likeness (QED) is 0.704. The highest BCUT2D eigenvalue weighted by Crippen LogP contribution is 2.10. The fraction of sp³-hybridized carbons (Fsp3) is 0.350. The fourth-order valence-electron chi connectivity index (χ4n) is 2.55. The number of nitrogens with zero attached hydrogens (tertiary/aromatic N) is 1. The molecule has 0 heterocycles. The number of hydrogen-bond donors (Lipinski definition) is 1. The second-order valence-corrected chi connectivity index (χ2v) is 6.83. The van der Waals surface area contributed by atoms with Crippen LogP contribution in [0.15, 0.2) is 54.6 Å². The molecule has 0 atom stereocenters. The zero-order chi connectivity index (χ0) is 17.2. The second-order valence-electron chi connectivity index (χ2n) is 5.96. The SMILES string of the molecule is CSCc1ccc(C(=O)NCCCN(C)Cc2ccccc2)cc1. The largest absolute Gasteiger partial charge is 0.352 e. The van der Waals surface area contributed by atoms with E-state index in [1.165, 1.54) is 11.1 Å². The molecule has 1 N–H and O–H groups in total. The lowest BCUT2D eigenvalue weighted by Crippen LogP contribution is -2.28. The normalized spacial score (nSPS) is 10.8. The Labute approximate surface area is 149 Å². The third-order valence-electron chi connectivity index (χ3n) is 3.82. The Morgan fingerprint density at radius 2 is 1.75 bits per heavy atom. The number of rotatable bonds is 9. The number of hydrogen-bond acceptors (Lipinski definition) is 3. The minimum Gasteiger partial charge on any atom is -0.352 e. The number of carbonyl (C=O) groups excluding carboxylic acids is 1. The first-order valence-electron chi connectivity index (χ1n) is 8.27. The molecule has 0 bridgehead atoms. The van der Waals surface area contributed by atoms with Crippen molar-refractivity contribution in [3.63, 3.8) is 0 Å². The lowest BCUT2D eigenvalue weighted by atomic mass is 10.1. The zero-order valence-electron chi connectivity index (χ0n) is 14.5. The molecule has 0 radical (unpaired) electrons. The van der Waals surface area contributed by atoms with Crippen LogP contribution >= 0.6 is 11.8 Å². The molecule has 0 saturated heterocycles. The number of carbonyl (C=O) groups is 1. The van der Waals surface area contributed by atoms with Crippen LogP contribution in [-0.4, -0.2) is 37.2 Å². The predicted molar refractivity (Wildman–Crippen MR) is 103 cm³/mol. The van der Waals surface area contributed by atoms with E-state index in [0.29, 0.717) is 6.54 Å². The van der Waals surface area contributed by atoms with Gasteiger partial charge in [0.25, 0.3) is 5.91 Å². The topological polar surface area (TPSA) is 32.3 Å². The molecule has 0 saturated carbocycles. The molecular formula is C20H26N2OS. The Balaban J connectivity index is 1.67. The van der Waals surface area contributed by atoms with Crippen molar-refractivity contribution in [1.82, 2.24) is 10.2 Å². The van der Waals surface area contributed by atoms with Gasteiger partial charge in [-0.05, 0) is 49.5 Å². The molecule has 0 fully saturated rings. The van der Waals surface area contributed by atoms with Crippen LogP contribution in [0.5, 0.6) is 0 Å². The maximum atomic E-state index is 12.1. The number of nitrogens with one attached hydrogen (secondary N) is 1. The lowest BCUT2D eigenvalue weighted by Gasteiger charge is -2.16. The van der Waals surface area contributed by atoms with Crippen molar-refractivity contribution in [3.8, 4) is 0 Å². The summed E-state index contributed by atoms with van der Waals surface area (Å²) < 4.78 is 0. The summed E-state index contributed by atoms with van der Waals surface area (Å²) >= 11 is 1.78. The number of benzene rings is 2. The molecule has 2 rings (SSSR count). The molecule has 0 spiro atoms. The van der Waals surface area contributed by atoms with Gasteiger partial charge < -0.3 is 10.2 Å². The Morgan fingerprint density at radius 3 is 2.42 bits per heavy atom. The summed E-state index contributed by atoms with van der Waals surface area (Å²) in [6.07, 6.45) is 3.02. The van der Waals surface area contributed by atoms with Crippen LogP contribution in [0.2, 0.25) is 0 Å². The van der Waals surface area contributed by atoms with Gasteiger partial charge in [0.1, 0.15) is 0 Å². The van der Waals surface area contributed by atoms with E-state index in [-0.39, 0.29) is 5.91 Å². The molecule has 24 heavy (non-hydrogen) atoms. The summed E-state index contributed by atoms with van der Waals surface area (Å²) in [6, 6.07) is 18.3. The average molecular weight is 343 g/mol. The van der Waals surface area contributed by atoms with Crippen molar-refractivity contribution in [3.05, 3.63) is 71.3 Å². The Bertz CT molecular complexity index is 613. The summed E-state index contributed by atoms with van der Waals surface area (Å²) in [4.78, 5) is 14.4. The summed E-state index contributed by atoms with van der Waals surface area (Å²) in [7, 11) is 2.11. The van der Waals surface area contributed by atoms with Crippen molar-refractivity contribution in [2.45, 2.75) is 18.7 Å². The van der Waals surface area contributed by atoms with Gasteiger partial charge in [-0.3, -0.25) is 4.79 Å². The minimum absolute atomic E-state index is 0.0106. The molecule has 0 aromatic heterocycles. The van der Waals surface area contributed by atoms with Gasteiger partial charge in [-0.2, -0.15) is 11.8 Å². The second kappa shape index (κ2) is 10.2. The molecule has 2 aromatic rings. The molecule has 3 nitrogen and oxygen atoms in total. The van der Waals surface area contributed by atoms with E-state index >= 15 is 0 Å². The molecule has 4 heteroatoms. The monoisotopic (exact) mass is 342 g/mol. The molecule has 0 unspecified atom stereocenters. The fourth-order valence-corrected chi connectivity index (χ4v) is 3.07. The van der Waals surface area contributed by atoms with Crippen molar-refractivity contribution in [1.29, 1.82) is 0 Å². The van der Waals surface area contributed by atoms with Gasteiger partial charge in [0.15, 0.2) is 0 Å². The third kappa shape index (κ3) is 6.38. The third-order valence-corrected chi connectivity index (χ3v) is 4.45. The molecule has 2 aromatic carbocycles.